The highest BCUT2D eigenvalue weighted by atomic mass is 16.3. The van der Waals surface area contributed by atoms with Crippen LogP contribution in [0.2, 0.25) is 0 Å². The zero-order valence-corrected chi connectivity index (χ0v) is 21.3. The van der Waals surface area contributed by atoms with Gasteiger partial charge in [-0.15, -0.1) is 0 Å². The zero-order valence-electron chi connectivity index (χ0n) is 21.3. The maximum Gasteiger partial charge on any atom is 0.0402 e. The zero-order chi connectivity index (χ0) is 23.6. The first kappa shape index (κ1) is 37.2. The van der Waals surface area contributed by atoms with Crippen molar-refractivity contribution in [3.8, 4) is 0 Å². The summed E-state index contributed by atoms with van der Waals surface area (Å²) in [6.45, 7) is 7.72. The molecule has 0 aromatic carbocycles. The molecule has 0 amide bonds. The number of aliphatic hydroxyl groups excluding tert-OH is 4. The van der Waals surface area contributed by atoms with Gasteiger partial charge in [0.05, 0.1) is 0 Å². The predicted octanol–water partition coefficient (Wildman–Crippen LogP) is 7.02. The molecule has 0 radical (unpaired) electrons. The van der Waals surface area contributed by atoms with Gasteiger partial charge in [-0.05, 0) is 27.7 Å². The van der Waals surface area contributed by atoms with Crippen LogP contribution in [-0.4, -0.2) is 46.9 Å². The normalized spacial score (nSPS) is 16.8. The lowest BCUT2D eigenvalue weighted by Crippen LogP contribution is -1.85. The Labute approximate surface area is 190 Å². The van der Waals surface area contributed by atoms with E-state index in [-0.39, 0.29) is 26.4 Å². The Morgan fingerprint density at radius 2 is 0.300 bits per heavy atom. The highest BCUT2D eigenvalue weighted by Crippen LogP contribution is 2.16. The molecule has 1 rings (SSSR count). The van der Waals surface area contributed by atoms with Crippen LogP contribution in [0.1, 0.15) is 143 Å². The van der Waals surface area contributed by atoms with Gasteiger partial charge in [-0.1, -0.05) is 116 Å². The van der Waals surface area contributed by atoms with E-state index in [1.807, 2.05) is 0 Å². The fourth-order valence-electron chi connectivity index (χ4n) is 3.18. The maximum absolute atomic E-state index is 7.57. The molecule has 4 heteroatoms. The minimum Gasteiger partial charge on any atom is -0.397 e. The van der Waals surface area contributed by atoms with Crippen molar-refractivity contribution in [3.05, 3.63) is 0 Å². The Hall–Kier alpha value is -0.160. The SMILES string of the molecule is C1CCCCCCCCCCCCCCCCC1.CCO.CCO.CCO.CCO. The molecule has 0 heterocycles. The quantitative estimate of drug-likeness (QED) is 0.329. The van der Waals surface area contributed by atoms with E-state index >= 15 is 0 Å². The van der Waals surface area contributed by atoms with Crippen LogP contribution >= 0.6 is 0 Å². The lowest BCUT2D eigenvalue weighted by molar-refractivity contribution is 0.318. The van der Waals surface area contributed by atoms with Crippen molar-refractivity contribution in [2.75, 3.05) is 26.4 Å². The molecule has 4 nitrogen and oxygen atoms in total. The Kier molecular flexibility index (Phi) is 58.1. The molecule has 30 heavy (non-hydrogen) atoms. The van der Waals surface area contributed by atoms with Gasteiger partial charge in [-0.25, -0.2) is 0 Å². The molecule has 0 saturated heterocycles. The van der Waals surface area contributed by atoms with Crippen LogP contribution in [0.15, 0.2) is 0 Å². The third-order valence-electron chi connectivity index (χ3n) is 4.50. The average Bonchev–Trinajstić information content (AvgIpc) is 2.71. The molecule has 0 spiro atoms. The van der Waals surface area contributed by atoms with Gasteiger partial charge < -0.3 is 20.4 Å². The van der Waals surface area contributed by atoms with Crippen molar-refractivity contribution in [3.63, 3.8) is 0 Å². The minimum absolute atomic E-state index is 0.250. The summed E-state index contributed by atoms with van der Waals surface area (Å²) in [5.74, 6) is 0. The Balaban J connectivity index is -0.000000234. The number of hydrogen-bond donors (Lipinski definition) is 4. The molecule has 1 aliphatic rings. The molecular weight excluding hydrogens is 376 g/mol. The first-order valence-corrected chi connectivity index (χ1v) is 13.1. The summed E-state index contributed by atoms with van der Waals surface area (Å²) in [6, 6.07) is 0. The van der Waals surface area contributed by atoms with Crippen LogP contribution in [0.4, 0.5) is 0 Å². The van der Waals surface area contributed by atoms with E-state index in [0.717, 1.165) is 0 Å². The lowest BCUT2D eigenvalue weighted by atomic mass is 10.0. The number of hydrogen-bond acceptors (Lipinski definition) is 4. The summed E-state index contributed by atoms with van der Waals surface area (Å²) < 4.78 is 0. The molecule has 1 fully saturated rings. The summed E-state index contributed by atoms with van der Waals surface area (Å²) in [7, 11) is 0. The van der Waals surface area contributed by atoms with Gasteiger partial charge in [0.1, 0.15) is 0 Å². The molecule has 0 bridgehead atoms. The van der Waals surface area contributed by atoms with Gasteiger partial charge in [0.15, 0.2) is 0 Å². The minimum atomic E-state index is 0.250. The fourth-order valence-corrected chi connectivity index (χ4v) is 3.18. The van der Waals surface area contributed by atoms with Gasteiger partial charge in [0, 0.05) is 26.4 Å². The topological polar surface area (TPSA) is 80.9 Å². The molecule has 0 aliphatic heterocycles. The van der Waals surface area contributed by atoms with Crippen LogP contribution in [0.3, 0.4) is 0 Å². The number of rotatable bonds is 0. The van der Waals surface area contributed by atoms with Crippen LogP contribution in [0, 0.1) is 0 Å². The van der Waals surface area contributed by atoms with Crippen molar-refractivity contribution >= 4 is 0 Å². The highest BCUT2D eigenvalue weighted by Gasteiger charge is 1.96. The van der Waals surface area contributed by atoms with E-state index in [4.69, 9.17) is 20.4 Å². The summed E-state index contributed by atoms with van der Waals surface area (Å²) in [4.78, 5) is 0. The van der Waals surface area contributed by atoms with E-state index < -0.39 is 0 Å². The molecule has 4 N–H and O–H groups in total. The van der Waals surface area contributed by atoms with Crippen molar-refractivity contribution in [2.45, 2.75) is 143 Å². The summed E-state index contributed by atoms with van der Waals surface area (Å²) >= 11 is 0. The predicted molar refractivity (Wildman–Crippen MR) is 134 cm³/mol. The second-order valence-electron chi connectivity index (χ2n) is 7.63. The fraction of sp³-hybridized carbons (Fsp3) is 1.00. The summed E-state index contributed by atoms with van der Waals surface area (Å²) in [6.07, 6.45) is 27.0. The number of aliphatic hydroxyl groups is 4. The van der Waals surface area contributed by atoms with Gasteiger partial charge in [0.25, 0.3) is 0 Å². The van der Waals surface area contributed by atoms with Crippen molar-refractivity contribution in [1.82, 2.24) is 0 Å². The molecular formula is C26H60O4. The smallest absolute Gasteiger partial charge is 0.0402 e. The van der Waals surface area contributed by atoms with E-state index in [9.17, 15) is 0 Å². The van der Waals surface area contributed by atoms with Gasteiger partial charge in [-0.3, -0.25) is 0 Å². The monoisotopic (exact) mass is 436 g/mol. The van der Waals surface area contributed by atoms with Crippen molar-refractivity contribution in [1.29, 1.82) is 0 Å². The molecule has 1 saturated carbocycles. The molecule has 1 aliphatic carbocycles. The van der Waals surface area contributed by atoms with Gasteiger partial charge in [-0.2, -0.15) is 0 Å². The second kappa shape index (κ2) is 46.9. The van der Waals surface area contributed by atoms with Crippen LogP contribution < -0.4 is 0 Å². The Bertz CT molecular complexity index is 130. The third-order valence-corrected chi connectivity index (χ3v) is 4.50. The summed E-state index contributed by atoms with van der Waals surface area (Å²) in [5, 5.41) is 30.3. The molecule has 0 unspecified atom stereocenters. The second-order valence-corrected chi connectivity index (χ2v) is 7.63. The average molecular weight is 437 g/mol. The van der Waals surface area contributed by atoms with Crippen molar-refractivity contribution < 1.29 is 20.4 Å². The van der Waals surface area contributed by atoms with Crippen LogP contribution in [0.5, 0.6) is 0 Å². The van der Waals surface area contributed by atoms with E-state index in [2.05, 4.69) is 0 Å². The highest BCUT2D eigenvalue weighted by molar-refractivity contribution is 4.52. The van der Waals surface area contributed by atoms with Crippen LogP contribution in [0.25, 0.3) is 0 Å². The van der Waals surface area contributed by atoms with Gasteiger partial charge in [0.2, 0.25) is 0 Å². The van der Waals surface area contributed by atoms with E-state index in [0.29, 0.717) is 0 Å². The standard InChI is InChI=1S/C18H36.4C2H6O/c1-2-4-6-8-10-12-14-16-18-17-15-13-11-9-7-5-3-1;4*1-2-3/h1-18H2;4*3H,2H2,1H3. The largest absolute Gasteiger partial charge is 0.397 e. The van der Waals surface area contributed by atoms with E-state index in [1.165, 1.54) is 116 Å². The molecule has 0 aromatic heterocycles. The molecule has 188 valence electrons. The van der Waals surface area contributed by atoms with Crippen LogP contribution in [-0.2, 0) is 0 Å². The Morgan fingerprint density at radius 3 is 0.333 bits per heavy atom. The first-order chi connectivity index (χ1) is 14.7. The van der Waals surface area contributed by atoms with Gasteiger partial charge >= 0.3 is 0 Å². The lowest BCUT2D eigenvalue weighted by Gasteiger charge is -2.05. The van der Waals surface area contributed by atoms with Crippen molar-refractivity contribution in [2.24, 2.45) is 0 Å². The third kappa shape index (κ3) is 63.0. The summed E-state index contributed by atoms with van der Waals surface area (Å²) in [5.41, 5.74) is 0. The Morgan fingerprint density at radius 1 is 0.267 bits per heavy atom. The molecule has 0 aromatic rings. The maximum atomic E-state index is 7.57. The van der Waals surface area contributed by atoms with E-state index in [1.54, 1.807) is 27.7 Å². The first-order valence-electron chi connectivity index (χ1n) is 13.1. The molecule has 0 atom stereocenters.